The SMILES string of the molecule is NC(Cc1c[nH]c2ccccc12)C(=O)NC(CC(=O)O)C(=O)NC(CS)C(=O)NC(CCC(=O)O)C(=O)O. The third kappa shape index (κ3) is 8.77. The molecule has 4 atom stereocenters. The van der Waals surface area contributed by atoms with Gasteiger partial charge in [0.2, 0.25) is 17.7 Å². The molecule has 9 N–H and O–H groups in total. The van der Waals surface area contributed by atoms with E-state index in [1.807, 2.05) is 24.3 Å². The number of aromatic nitrogens is 1. The van der Waals surface area contributed by atoms with Crippen LogP contribution in [0.2, 0.25) is 0 Å². The van der Waals surface area contributed by atoms with Crippen LogP contribution < -0.4 is 21.7 Å². The van der Waals surface area contributed by atoms with E-state index in [1.54, 1.807) is 6.20 Å². The number of carbonyl (C=O) groups excluding carboxylic acids is 3. The molecule has 0 saturated heterocycles. The van der Waals surface area contributed by atoms with Crippen LogP contribution in [0.1, 0.15) is 24.8 Å². The number of carbonyl (C=O) groups is 6. The van der Waals surface area contributed by atoms with Gasteiger partial charge < -0.3 is 42.0 Å². The van der Waals surface area contributed by atoms with E-state index in [0.29, 0.717) is 0 Å². The number of hydrogen-bond acceptors (Lipinski definition) is 8. The van der Waals surface area contributed by atoms with Crippen LogP contribution in [0.3, 0.4) is 0 Å². The summed E-state index contributed by atoms with van der Waals surface area (Å²) in [6, 6.07) is 1.64. The molecule has 4 unspecified atom stereocenters. The number of para-hydroxylation sites is 1. The Morgan fingerprint density at radius 3 is 2.08 bits per heavy atom. The zero-order chi connectivity index (χ0) is 28.4. The van der Waals surface area contributed by atoms with Crippen molar-refractivity contribution in [2.75, 3.05) is 5.75 Å². The Morgan fingerprint density at radius 2 is 1.47 bits per heavy atom. The minimum absolute atomic E-state index is 0.0891. The summed E-state index contributed by atoms with van der Waals surface area (Å²) in [5, 5.41) is 34.7. The number of carboxylic acid groups (broad SMARTS) is 3. The first-order valence-corrected chi connectivity index (χ1v) is 12.0. The van der Waals surface area contributed by atoms with Crippen LogP contribution in [-0.4, -0.2) is 85.9 Å². The molecule has 0 spiro atoms. The van der Waals surface area contributed by atoms with Crippen LogP contribution in [0.15, 0.2) is 30.5 Å². The first kappa shape index (κ1) is 30.1. The lowest BCUT2D eigenvalue weighted by molar-refractivity contribution is -0.144. The molecule has 0 fully saturated rings. The monoisotopic (exact) mass is 551 g/mol. The molecule has 0 saturated carbocycles. The third-order valence-corrected chi connectivity index (χ3v) is 5.91. The summed E-state index contributed by atoms with van der Waals surface area (Å²) in [4.78, 5) is 74.5. The number of aliphatic carboxylic acids is 3. The number of aromatic amines is 1. The molecule has 2 rings (SSSR count). The average molecular weight is 552 g/mol. The topological polar surface area (TPSA) is 241 Å². The summed E-state index contributed by atoms with van der Waals surface area (Å²) in [5.74, 6) is -7.29. The molecule has 0 radical (unpaired) electrons. The van der Waals surface area contributed by atoms with E-state index in [-0.39, 0.29) is 12.2 Å². The van der Waals surface area contributed by atoms with E-state index in [9.17, 15) is 39.0 Å². The molecule has 2 aromatic rings. The van der Waals surface area contributed by atoms with Crippen molar-refractivity contribution < 1.29 is 44.1 Å². The third-order valence-electron chi connectivity index (χ3n) is 5.54. The van der Waals surface area contributed by atoms with E-state index in [4.69, 9.17) is 10.8 Å². The Kier molecular flexibility index (Phi) is 11.1. The Bertz CT molecular complexity index is 1200. The van der Waals surface area contributed by atoms with Crippen molar-refractivity contribution in [1.82, 2.24) is 20.9 Å². The van der Waals surface area contributed by atoms with Crippen molar-refractivity contribution in [3.05, 3.63) is 36.0 Å². The number of amides is 3. The first-order chi connectivity index (χ1) is 17.9. The average Bonchev–Trinajstić information content (AvgIpc) is 3.26. The normalized spacial score (nSPS) is 14.1. The minimum atomic E-state index is -1.61. The first-order valence-electron chi connectivity index (χ1n) is 11.4. The number of benzene rings is 1. The highest BCUT2D eigenvalue weighted by Crippen LogP contribution is 2.18. The highest BCUT2D eigenvalue weighted by molar-refractivity contribution is 7.80. The molecule has 1 aromatic carbocycles. The molecular weight excluding hydrogens is 522 g/mol. The standard InChI is InChI=1S/C23H29N5O9S/c24-13(7-11-9-25-14-4-2-1-3-12(11)14)20(33)27-16(8-19(31)32)21(34)28-17(10-38)22(35)26-15(23(36)37)5-6-18(29)30/h1-4,9,13,15-17,25,38H,5-8,10,24H2,(H,26,35)(H,27,33)(H,28,34)(H,29,30)(H,31,32)(H,36,37). The van der Waals surface area contributed by atoms with E-state index < -0.39 is 79.1 Å². The quantitative estimate of drug-likeness (QED) is 0.120. The maximum absolute atomic E-state index is 12.8. The predicted octanol–water partition coefficient (Wildman–Crippen LogP) is -1.15. The zero-order valence-corrected chi connectivity index (χ0v) is 20.9. The highest BCUT2D eigenvalue weighted by Gasteiger charge is 2.31. The van der Waals surface area contributed by atoms with Gasteiger partial charge >= 0.3 is 17.9 Å². The van der Waals surface area contributed by atoms with Gasteiger partial charge in [0.15, 0.2) is 0 Å². The summed E-state index contributed by atoms with van der Waals surface area (Å²) in [5.41, 5.74) is 7.58. The molecule has 0 aliphatic heterocycles. The molecule has 0 bridgehead atoms. The fourth-order valence-electron chi connectivity index (χ4n) is 3.56. The second-order valence-corrected chi connectivity index (χ2v) is 8.77. The number of nitrogens with two attached hydrogens (primary N) is 1. The lowest BCUT2D eigenvalue weighted by Gasteiger charge is -2.23. The van der Waals surface area contributed by atoms with Gasteiger partial charge in [-0.1, -0.05) is 18.2 Å². The van der Waals surface area contributed by atoms with Gasteiger partial charge in [-0.2, -0.15) is 12.6 Å². The Labute approximate surface area is 221 Å². The largest absolute Gasteiger partial charge is 0.481 e. The fourth-order valence-corrected chi connectivity index (χ4v) is 3.81. The van der Waals surface area contributed by atoms with Gasteiger partial charge in [-0.15, -0.1) is 0 Å². The van der Waals surface area contributed by atoms with Gasteiger partial charge in [0.25, 0.3) is 0 Å². The molecular formula is C23H29N5O9S. The van der Waals surface area contributed by atoms with Gasteiger partial charge in [0, 0.05) is 29.3 Å². The molecule has 0 aliphatic carbocycles. The van der Waals surface area contributed by atoms with Crippen molar-refractivity contribution in [3.8, 4) is 0 Å². The van der Waals surface area contributed by atoms with Crippen LogP contribution in [0.25, 0.3) is 10.9 Å². The van der Waals surface area contributed by atoms with Crippen LogP contribution in [0, 0.1) is 0 Å². The maximum Gasteiger partial charge on any atom is 0.326 e. The second kappa shape index (κ2) is 14.0. The number of H-pyrrole nitrogens is 1. The van der Waals surface area contributed by atoms with Gasteiger partial charge in [-0.05, 0) is 24.5 Å². The van der Waals surface area contributed by atoms with Gasteiger partial charge in [0.05, 0.1) is 12.5 Å². The molecule has 1 heterocycles. The van der Waals surface area contributed by atoms with E-state index in [2.05, 4.69) is 33.6 Å². The number of carboxylic acids is 3. The molecule has 3 amide bonds. The molecule has 15 heteroatoms. The van der Waals surface area contributed by atoms with Crippen LogP contribution in [0.5, 0.6) is 0 Å². The van der Waals surface area contributed by atoms with E-state index >= 15 is 0 Å². The van der Waals surface area contributed by atoms with E-state index in [0.717, 1.165) is 16.5 Å². The van der Waals surface area contributed by atoms with Crippen molar-refractivity contribution in [2.45, 2.75) is 49.9 Å². The van der Waals surface area contributed by atoms with E-state index in [1.165, 1.54) is 0 Å². The van der Waals surface area contributed by atoms with Gasteiger partial charge in [-0.3, -0.25) is 24.0 Å². The number of nitrogens with one attached hydrogen (secondary N) is 4. The van der Waals surface area contributed by atoms with Crippen molar-refractivity contribution in [1.29, 1.82) is 0 Å². The lowest BCUT2D eigenvalue weighted by Crippen LogP contribution is -2.58. The lowest BCUT2D eigenvalue weighted by atomic mass is 10.0. The van der Waals surface area contributed by atoms with Gasteiger partial charge in [-0.25, -0.2) is 4.79 Å². The van der Waals surface area contributed by atoms with Crippen molar-refractivity contribution >= 4 is 59.2 Å². The fraction of sp³-hybridized carbons (Fsp3) is 0.391. The number of hydrogen-bond donors (Lipinski definition) is 9. The number of fused-ring (bicyclic) bond motifs is 1. The van der Waals surface area contributed by atoms with Crippen LogP contribution in [0.4, 0.5) is 0 Å². The highest BCUT2D eigenvalue weighted by atomic mass is 32.1. The van der Waals surface area contributed by atoms with Crippen molar-refractivity contribution in [3.63, 3.8) is 0 Å². The Hall–Kier alpha value is -4.11. The molecule has 0 aliphatic rings. The molecule has 14 nitrogen and oxygen atoms in total. The Balaban J connectivity index is 2.06. The minimum Gasteiger partial charge on any atom is -0.481 e. The smallest absolute Gasteiger partial charge is 0.326 e. The summed E-state index contributed by atoms with van der Waals surface area (Å²) >= 11 is 3.96. The molecule has 206 valence electrons. The zero-order valence-electron chi connectivity index (χ0n) is 20.0. The van der Waals surface area contributed by atoms with Crippen LogP contribution >= 0.6 is 12.6 Å². The molecule has 38 heavy (non-hydrogen) atoms. The maximum atomic E-state index is 12.8. The van der Waals surface area contributed by atoms with Crippen LogP contribution in [-0.2, 0) is 35.2 Å². The summed E-state index contributed by atoms with van der Waals surface area (Å²) in [7, 11) is 0. The number of thiol groups is 1. The summed E-state index contributed by atoms with van der Waals surface area (Å²) < 4.78 is 0. The van der Waals surface area contributed by atoms with Crippen molar-refractivity contribution in [2.24, 2.45) is 5.73 Å². The van der Waals surface area contributed by atoms with Gasteiger partial charge in [0.1, 0.15) is 18.1 Å². The second-order valence-electron chi connectivity index (χ2n) is 8.40. The summed E-state index contributed by atoms with van der Waals surface area (Å²) in [6.45, 7) is 0. The summed E-state index contributed by atoms with van der Waals surface area (Å²) in [6.07, 6.45) is 0.0207. The Morgan fingerprint density at radius 1 is 0.868 bits per heavy atom. The number of rotatable bonds is 15. The molecule has 1 aromatic heterocycles. The predicted molar refractivity (Wildman–Crippen MR) is 136 cm³/mol.